The zero-order chi connectivity index (χ0) is 9.54. The third-order valence-electron chi connectivity index (χ3n) is 2.62. The predicted molar refractivity (Wildman–Crippen MR) is 53.3 cm³/mol. The molecule has 0 amide bonds. The van der Waals surface area contributed by atoms with Crippen molar-refractivity contribution in [3.63, 3.8) is 0 Å². The van der Waals surface area contributed by atoms with Crippen LogP contribution in [0.3, 0.4) is 0 Å². The van der Waals surface area contributed by atoms with E-state index >= 15 is 0 Å². The quantitative estimate of drug-likeness (QED) is 0.622. The molecule has 0 fully saturated rings. The highest BCUT2D eigenvalue weighted by Gasteiger charge is 2.19. The van der Waals surface area contributed by atoms with Crippen molar-refractivity contribution in [2.45, 2.75) is 19.4 Å². The molecule has 0 spiro atoms. The first kappa shape index (κ1) is 7.85. The third kappa shape index (κ3) is 1.09. The maximum atomic E-state index is 5.33. The van der Waals surface area contributed by atoms with Crippen LogP contribution in [0, 0.1) is 0 Å². The largest absolute Gasteiger partial charge is 0.454 e. The van der Waals surface area contributed by atoms with Gasteiger partial charge in [-0.1, -0.05) is 0 Å². The van der Waals surface area contributed by atoms with Crippen molar-refractivity contribution in [3.8, 4) is 11.5 Å². The summed E-state index contributed by atoms with van der Waals surface area (Å²) in [5.74, 6) is 1.70. The number of aliphatic imine (C=N–C) groups is 1. The SMILES string of the molecule is CC1Cc2cc3c(cc2C=N1)OCO3. The lowest BCUT2D eigenvalue weighted by Crippen LogP contribution is -2.11. The predicted octanol–water partition coefficient (Wildman–Crippen LogP) is 1.78. The molecule has 3 nitrogen and oxygen atoms in total. The van der Waals surface area contributed by atoms with Crippen LogP contribution in [0.1, 0.15) is 18.1 Å². The van der Waals surface area contributed by atoms with Gasteiger partial charge in [0.2, 0.25) is 6.79 Å². The Morgan fingerprint density at radius 2 is 2.07 bits per heavy atom. The Morgan fingerprint density at radius 1 is 1.29 bits per heavy atom. The van der Waals surface area contributed by atoms with Crippen LogP contribution < -0.4 is 9.47 Å². The van der Waals surface area contributed by atoms with Gasteiger partial charge in [-0.3, -0.25) is 4.99 Å². The van der Waals surface area contributed by atoms with Crippen LogP contribution in [0.5, 0.6) is 11.5 Å². The molecule has 1 aromatic rings. The van der Waals surface area contributed by atoms with E-state index in [1.165, 1.54) is 5.56 Å². The van der Waals surface area contributed by atoms with Gasteiger partial charge in [0.05, 0.1) is 6.04 Å². The molecule has 0 N–H and O–H groups in total. The van der Waals surface area contributed by atoms with Gasteiger partial charge in [-0.25, -0.2) is 0 Å². The fourth-order valence-corrected chi connectivity index (χ4v) is 1.88. The molecule has 3 heteroatoms. The second kappa shape index (κ2) is 2.74. The number of fused-ring (bicyclic) bond motifs is 2. The number of hydrogen-bond acceptors (Lipinski definition) is 3. The molecule has 14 heavy (non-hydrogen) atoms. The summed E-state index contributed by atoms with van der Waals surface area (Å²) in [7, 11) is 0. The van der Waals surface area contributed by atoms with Gasteiger partial charge in [0, 0.05) is 6.21 Å². The number of benzene rings is 1. The molecule has 0 radical (unpaired) electrons. The molecule has 0 saturated carbocycles. The summed E-state index contributed by atoms with van der Waals surface area (Å²) in [6.07, 6.45) is 2.91. The van der Waals surface area contributed by atoms with Crippen LogP contribution in [0.25, 0.3) is 0 Å². The molecule has 72 valence electrons. The second-order valence-electron chi connectivity index (χ2n) is 3.74. The van der Waals surface area contributed by atoms with Crippen LogP contribution in [0.15, 0.2) is 17.1 Å². The molecule has 2 aliphatic rings. The average Bonchev–Trinajstić information content (AvgIpc) is 2.61. The van der Waals surface area contributed by atoms with E-state index in [2.05, 4.69) is 18.0 Å². The molecule has 1 atom stereocenters. The normalized spacial score (nSPS) is 22.2. The molecule has 1 aromatic carbocycles. The highest BCUT2D eigenvalue weighted by atomic mass is 16.7. The van der Waals surface area contributed by atoms with E-state index < -0.39 is 0 Å². The Labute approximate surface area is 82.4 Å². The van der Waals surface area contributed by atoms with Crippen molar-refractivity contribution in [2.75, 3.05) is 6.79 Å². The number of nitrogens with zero attached hydrogens (tertiary/aromatic N) is 1. The van der Waals surface area contributed by atoms with Gasteiger partial charge in [0.25, 0.3) is 0 Å². The summed E-state index contributed by atoms with van der Waals surface area (Å²) in [5, 5.41) is 0. The molecule has 0 saturated heterocycles. The minimum atomic E-state index is 0.338. The van der Waals surface area contributed by atoms with E-state index in [0.29, 0.717) is 12.8 Å². The van der Waals surface area contributed by atoms with Crippen molar-refractivity contribution in [1.29, 1.82) is 0 Å². The fraction of sp³-hybridized carbons (Fsp3) is 0.364. The van der Waals surface area contributed by atoms with Gasteiger partial charge in [0.1, 0.15) is 0 Å². The van der Waals surface area contributed by atoms with Gasteiger partial charge in [-0.2, -0.15) is 0 Å². The van der Waals surface area contributed by atoms with E-state index in [0.717, 1.165) is 23.5 Å². The average molecular weight is 189 g/mol. The standard InChI is InChI=1S/C11H11NO2/c1-7-2-8-3-10-11(14-6-13-10)4-9(8)5-12-7/h3-5,7H,2,6H2,1H3. The first-order valence-electron chi connectivity index (χ1n) is 4.78. The van der Waals surface area contributed by atoms with Crippen molar-refractivity contribution < 1.29 is 9.47 Å². The maximum absolute atomic E-state index is 5.33. The van der Waals surface area contributed by atoms with E-state index in [4.69, 9.17) is 9.47 Å². The van der Waals surface area contributed by atoms with Gasteiger partial charge in [0.15, 0.2) is 11.5 Å². The highest BCUT2D eigenvalue weighted by molar-refractivity contribution is 5.84. The number of hydrogen-bond donors (Lipinski definition) is 0. The molecular weight excluding hydrogens is 178 g/mol. The number of ether oxygens (including phenoxy) is 2. The van der Waals surface area contributed by atoms with Crippen LogP contribution in [0.4, 0.5) is 0 Å². The van der Waals surface area contributed by atoms with E-state index in [9.17, 15) is 0 Å². The summed E-state index contributed by atoms with van der Waals surface area (Å²) in [6, 6.07) is 4.45. The van der Waals surface area contributed by atoms with Gasteiger partial charge in [-0.15, -0.1) is 0 Å². The molecule has 0 aromatic heterocycles. The molecule has 0 bridgehead atoms. The molecule has 3 rings (SSSR count). The molecule has 2 aliphatic heterocycles. The lowest BCUT2D eigenvalue weighted by atomic mass is 9.98. The first-order chi connectivity index (χ1) is 6.83. The minimum absolute atomic E-state index is 0.338. The second-order valence-corrected chi connectivity index (χ2v) is 3.74. The molecule has 1 unspecified atom stereocenters. The van der Waals surface area contributed by atoms with Crippen molar-refractivity contribution in [1.82, 2.24) is 0 Å². The topological polar surface area (TPSA) is 30.8 Å². The minimum Gasteiger partial charge on any atom is -0.454 e. The van der Waals surface area contributed by atoms with Gasteiger partial charge in [-0.05, 0) is 36.6 Å². The Morgan fingerprint density at radius 3 is 2.93 bits per heavy atom. The number of rotatable bonds is 0. The molecular formula is C11H11NO2. The van der Waals surface area contributed by atoms with Crippen molar-refractivity contribution in [3.05, 3.63) is 23.3 Å². The summed E-state index contributed by atoms with van der Waals surface area (Å²) in [4.78, 5) is 4.38. The zero-order valence-corrected chi connectivity index (χ0v) is 7.99. The summed E-state index contributed by atoms with van der Waals surface area (Å²) in [6.45, 7) is 2.45. The van der Waals surface area contributed by atoms with Gasteiger partial charge >= 0.3 is 0 Å². The van der Waals surface area contributed by atoms with Crippen LogP contribution in [-0.2, 0) is 6.42 Å². The smallest absolute Gasteiger partial charge is 0.231 e. The third-order valence-corrected chi connectivity index (χ3v) is 2.62. The van der Waals surface area contributed by atoms with Crippen LogP contribution in [0.2, 0.25) is 0 Å². The summed E-state index contributed by atoms with van der Waals surface area (Å²) < 4.78 is 10.6. The van der Waals surface area contributed by atoms with Crippen LogP contribution in [-0.4, -0.2) is 19.0 Å². The Kier molecular flexibility index (Phi) is 1.54. The van der Waals surface area contributed by atoms with E-state index in [1.807, 2.05) is 12.3 Å². The van der Waals surface area contributed by atoms with Crippen LogP contribution >= 0.6 is 0 Å². The summed E-state index contributed by atoms with van der Waals surface area (Å²) in [5.41, 5.74) is 2.46. The fourth-order valence-electron chi connectivity index (χ4n) is 1.88. The Bertz CT molecular complexity index is 412. The highest BCUT2D eigenvalue weighted by Crippen LogP contribution is 2.35. The van der Waals surface area contributed by atoms with Crippen molar-refractivity contribution in [2.24, 2.45) is 4.99 Å². The van der Waals surface area contributed by atoms with Gasteiger partial charge < -0.3 is 9.47 Å². The first-order valence-corrected chi connectivity index (χ1v) is 4.78. The summed E-state index contributed by atoms with van der Waals surface area (Å²) >= 11 is 0. The van der Waals surface area contributed by atoms with Crippen molar-refractivity contribution >= 4 is 6.21 Å². The maximum Gasteiger partial charge on any atom is 0.231 e. The lowest BCUT2D eigenvalue weighted by Gasteiger charge is -2.15. The zero-order valence-electron chi connectivity index (χ0n) is 7.99. The van der Waals surface area contributed by atoms with E-state index in [-0.39, 0.29) is 0 Å². The molecule has 2 heterocycles. The van der Waals surface area contributed by atoms with E-state index in [1.54, 1.807) is 0 Å². The Balaban J connectivity index is 2.12. The molecule has 0 aliphatic carbocycles. The Hall–Kier alpha value is -1.51. The lowest BCUT2D eigenvalue weighted by molar-refractivity contribution is 0.174. The monoisotopic (exact) mass is 189 g/mol.